The van der Waals surface area contributed by atoms with Crippen molar-refractivity contribution in [2.45, 2.75) is 25.3 Å². The molecule has 1 aliphatic carbocycles. The summed E-state index contributed by atoms with van der Waals surface area (Å²) >= 11 is 0. The summed E-state index contributed by atoms with van der Waals surface area (Å²) < 4.78 is 1.99. The normalized spacial score (nSPS) is 14.4. The second kappa shape index (κ2) is 7.01. The SMILES string of the molecule is CO.N/C(C=O)=N\N(N)Cc1cn2cc(C3CC3)ccc2n1. The van der Waals surface area contributed by atoms with Crippen molar-refractivity contribution in [3.05, 3.63) is 35.8 Å². The molecule has 2 aromatic heterocycles. The van der Waals surface area contributed by atoms with Gasteiger partial charge in [-0.15, -0.1) is 5.10 Å². The van der Waals surface area contributed by atoms with Gasteiger partial charge in [-0.25, -0.2) is 15.9 Å². The van der Waals surface area contributed by atoms with Gasteiger partial charge < -0.3 is 15.2 Å². The van der Waals surface area contributed by atoms with Crippen LogP contribution in [0.5, 0.6) is 0 Å². The number of aromatic nitrogens is 2. The van der Waals surface area contributed by atoms with Crippen LogP contribution >= 0.6 is 0 Å². The number of hydrazine groups is 1. The molecule has 0 saturated heterocycles. The summed E-state index contributed by atoms with van der Waals surface area (Å²) in [5, 5.41) is 11.8. The lowest BCUT2D eigenvalue weighted by molar-refractivity contribution is -0.102. The van der Waals surface area contributed by atoms with Gasteiger partial charge in [-0.2, -0.15) is 0 Å². The van der Waals surface area contributed by atoms with E-state index in [1.54, 1.807) is 0 Å². The summed E-state index contributed by atoms with van der Waals surface area (Å²) in [5.41, 5.74) is 8.27. The van der Waals surface area contributed by atoms with Crippen molar-refractivity contribution >= 4 is 17.8 Å². The highest BCUT2D eigenvalue weighted by Gasteiger charge is 2.23. The van der Waals surface area contributed by atoms with Crippen LogP contribution in [-0.2, 0) is 11.3 Å². The summed E-state index contributed by atoms with van der Waals surface area (Å²) in [4.78, 5) is 14.8. The molecule has 1 aliphatic rings. The maximum atomic E-state index is 10.4. The van der Waals surface area contributed by atoms with Gasteiger partial charge in [0, 0.05) is 19.5 Å². The van der Waals surface area contributed by atoms with Gasteiger partial charge in [-0.05, 0) is 30.4 Å². The van der Waals surface area contributed by atoms with Crippen molar-refractivity contribution in [3.8, 4) is 0 Å². The van der Waals surface area contributed by atoms with E-state index in [1.807, 2.05) is 16.7 Å². The number of aliphatic hydroxyl groups excluding tert-OH is 1. The standard InChI is InChI=1S/C13H16N6O.CH4O/c14-12(8-20)17-19(15)7-11-6-18-5-10(9-1-2-9)3-4-13(18)16-11;1-2/h3-6,8-9H,1-2,7,15H2,(H2,14,17);2H,1H3. The minimum atomic E-state index is -0.160. The fraction of sp³-hybridized carbons (Fsp3) is 0.357. The molecule has 1 saturated carbocycles. The topological polar surface area (TPSA) is 122 Å². The third kappa shape index (κ3) is 3.80. The van der Waals surface area contributed by atoms with E-state index in [-0.39, 0.29) is 12.4 Å². The molecule has 0 atom stereocenters. The number of aldehydes is 1. The van der Waals surface area contributed by atoms with Gasteiger partial charge in [0.2, 0.25) is 0 Å². The lowest BCUT2D eigenvalue weighted by Gasteiger charge is -2.09. The van der Waals surface area contributed by atoms with Crippen molar-refractivity contribution in [1.29, 1.82) is 0 Å². The monoisotopic (exact) mass is 304 g/mol. The zero-order valence-electron chi connectivity index (χ0n) is 12.4. The van der Waals surface area contributed by atoms with Crippen molar-refractivity contribution < 1.29 is 9.90 Å². The number of imidazole rings is 1. The number of nitrogens with two attached hydrogens (primary N) is 2. The van der Waals surface area contributed by atoms with Gasteiger partial charge in [0.1, 0.15) is 5.65 Å². The molecule has 3 rings (SSSR count). The number of pyridine rings is 1. The molecule has 22 heavy (non-hydrogen) atoms. The quantitative estimate of drug-likeness (QED) is 0.234. The molecule has 0 unspecified atom stereocenters. The Morgan fingerprint density at radius 1 is 1.50 bits per heavy atom. The van der Waals surface area contributed by atoms with Gasteiger partial charge in [-0.3, -0.25) is 4.79 Å². The first-order chi connectivity index (χ1) is 10.7. The molecule has 1 fully saturated rings. The van der Waals surface area contributed by atoms with Gasteiger partial charge in [0.25, 0.3) is 0 Å². The molecule has 0 spiro atoms. The fourth-order valence-electron chi connectivity index (χ4n) is 2.17. The van der Waals surface area contributed by atoms with E-state index >= 15 is 0 Å². The number of fused-ring (bicyclic) bond motifs is 1. The largest absolute Gasteiger partial charge is 0.400 e. The van der Waals surface area contributed by atoms with Crippen molar-refractivity contribution in [3.63, 3.8) is 0 Å². The number of nitrogens with zero attached hydrogens (tertiary/aromatic N) is 4. The van der Waals surface area contributed by atoms with Crippen LogP contribution in [0.4, 0.5) is 0 Å². The number of rotatable bonds is 5. The highest BCUT2D eigenvalue weighted by molar-refractivity contribution is 6.26. The van der Waals surface area contributed by atoms with Gasteiger partial charge in [0.05, 0.1) is 12.2 Å². The minimum absolute atomic E-state index is 0.160. The molecule has 0 radical (unpaired) electrons. The molecule has 0 amide bonds. The van der Waals surface area contributed by atoms with Crippen LogP contribution in [0.1, 0.15) is 30.0 Å². The first-order valence-electron chi connectivity index (χ1n) is 6.89. The molecule has 0 aliphatic heterocycles. The minimum Gasteiger partial charge on any atom is -0.400 e. The van der Waals surface area contributed by atoms with Crippen molar-refractivity contribution in [2.75, 3.05) is 7.11 Å². The Hall–Kier alpha value is -2.45. The third-order valence-corrected chi connectivity index (χ3v) is 3.26. The molecule has 118 valence electrons. The Labute approximate surface area is 128 Å². The molecule has 8 nitrogen and oxygen atoms in total. The third-order valence-electron chi connectivity index (χ3n) is 3.26. The predicted octanol–water partition coefficient (Wildman–Crippen LogP) is -0.0330. The van der Waals surface area contributed by atoms with Gasteiger partial charge in [0.15, 0.2) is 12.1 Å². The Kier molecular flexibility index (Phi) is 5.08. The average Bonchev–Trinajstić information content (AvgIpc) is 3.29. The second-order valence-corrected chi connectivity index (χ2v) is 4.97. The fourth-order valence-corrected chi connectivity index (χ4v) is 2.17. The molecular formula is C14H20N6O2. The summed E-state index contributed by atoms with van der Waals surface area (Å²) in [5.74, 6) is 6.19. The molecule has 8 heteroatoms. The molecule has 5 N–H and O–H groups in total. The smallest absolute Gasteiger partial charge is 0.186 e. The van der Waals surface area contributed by atoms with E-state index in [0.29, 0.717) is 12.2 Å². The van der Waals surface area contributed by atoms with Crippen LogP contribution in [0.15, 0.2) is 29.6 Å². The van der Waals surface area contributed by atoms with E-state index in [4.69, 9.17) is 16.7 Å². The number of aliphatic hydroxyl groups is 1. The van der Waals surface area contributed by atoms with Crippen molar-refractivity contribution in [2.24, 2.45) is 16.7 Å². The molecule has 0 aromatic carbocycles. The summed E-state index contributed by atoms with van der Waals surface area (Å²) in [7, 11) is 1.00. The maximum absolute atomic E-state index is 10.4. The first-order valence-corrected chi connectivity index (χ1v) is 6.89. The number of carbonyl (C=O) groups excluding carboxylic acids is 1. The van der Waals surface area contributed by atoms with Crippen LogP contribution in [-0.4, -0.2) is 38.8 Å². The van der Waals surface area contributed by atoms with Crippen LogP contribution in [0.25, 0.3) is 5.65 Å². The Balaban J connectivity index is 0.000000847. The predicted molar refractivity (Wildman–Crippen MR) is 82.7 cm³/mol. The van der Waals surface area contributed by atoms with E-state index in [9.17, 15) is 4.79 Å². The van der Waals surface area contributed by atoms with E-state index in [1.165, 1.54) is 18.4 Å². The van der Waals surface area contributed by atoms with Crippen molar-refractivity contribution in [1.82, 2.24) is 14.5 Å². The number of hydrogen-bond donors (Lipinski definition) is 3. The van der Waals surface area contributed by atoms with E-state index in [0.717, 1.165) is 23.6 Å². The second-order valence-electron chi connectivity index (χ2n) is 4.97. The van der Waals surface area contributed by atoms with Crippen LogP contribution in [0.2, 0.25) is 0 Å². The zero-order chi connectivity index (χ0) is 16.1. The Bertz CT molecular complexity index is 677. The number of carbonyl (C=O) groups is 1. The maximum Gasteiger partial charge on any atom is 0.186 e. The van der Waals surface area contributed by atoms with Crippen LogP contribution in [0.3, 0.4) is 0 Å². The first kappa shape index (κ1) is 15.9. The number of hydrogen-bond acceptors (Lipinski definition) is 6. The Morgan fingerprint density at radius 3 is 2.86 bits per heavy atom. The summed E-state index contributed by atoms with van der Waals surface area (Å²) in [6, 6.07) is 4.12. The average molecular weight is 304 g/mol. The van der Waals surface area contributed by atoms with Crippen LogP contribution < -0.4 is 11.6 Å². The van der Waals surface area contributed by atoms with Gasteiger partial charge >= 0.3 is 0 Å². The highest BCUT2D eigenvalue weighted by atomic mass is 16.2. The van der Waals surface area contributed by atoms with Gasteiger partial charge in [-0.1, -0.05) is 6.07 Å². The zero-order valence-corrected chi connectivity index (χ0v) is 12.4. The highest BCUT2D eigenvalue weighted by Crippen LogP contribution is 2.39. The van der Waals surface area contributed by atoms with Crippen LogP contribution in [0, 0.1) is 0 Å². The Morgan fingerprint density at radius 2 is 2.23 bits per heavy atom. The summed E-state index contributed by atoms with van der Waals surface area (Å²) in [6.07, 6.45) is 7.00. The molecule has 2 heterocycles. The lowest BCUT2D eigenvalue weighted by Crippen LogP contribution is -2.29. The lowest BCUT2D eigenvalue weighted by atomic mass is 10.2. The number of amidine groups is 1. The van der Waals surface area contributed by atoms with E-state index < -0.39 is 0 Å². The molecule has 0 bridgehead atoms. The molecular weight excluding hydrogens is 284 g/mol. The van der Waals surface area contributed by atoms with E-state index in [2.05, 4.69) is 22.3 Å². The number of hydrazone groups is 1. The molecule has 2 aromatic rings. The summed E-state index contributed by atoms with van der Waals surface area (Å²) in [6.45, 7) is 0.287.